The van der Waals surface area contributed by atoms with Gasteiger partial charge in [-0.05, 0) is 6.07 Å². The molecule has 0 bridgehead atoms. The third kappa shape index (κ3) is 3.10. The van der Waals surface area contributed by atoms with Crippen molar-refractivity contribution in [2.24, 2.45) is 0 Å². The van der Waals surface area contributed by atoms with E-state index in [2.05, 4.69) is 11.4 Å². The predicted octanol–water partition coefficient (Wildman–Crippen LogP) is 1.35. The molecule has 92 valence electrons. The number of nitrogens with zero attached hydrogens (tertiary/aromatic N) is 2. The van der Waals surface area contributed by atoms with Crippen molar-refractivity contribution in [1.29, 1.82) is 5.53 Å². The summed E-state index contributed by atoms with van der Waals surface area (Å²) in [6, 6.07) is 5.28. The van der Waals surface area contributed by atoms with Crippen molar-refractivity contribution in [3.8, 4) is 0 Å². The molecule has 0 spiro atoms. The Morgan fingerprint density at radius 2 is 2.33 bits per heavy atom. The van der Waals surface area contributed by atoms with E-state index < -0.39 is 10.9 Å². The van der Waals surface area contributed by atoms with Crippen molar-refractivity contribution in [3.63, 3.8) is 0 Å². The van der Waals surface area contributed by atoms with Crippen LogP contribution in [-0.4, -0.2) is 28.0 Å². The summed E-state index contributed by atoms with van der Waals surface area (Å²) >= 11 is 0. The van der Waals surface area contributed by atoms with Crippen LogP contribution in [0, 0.1) is 15.6 Å². The monoisotopic (exact) mass is 248 g/mol. The molecular formula is C11H10N3O4+. The minimum Gasteiger partial charge on any atom is -0.452 e. The number of non-ortho nitro benzene ring substituents is 1. The zero-order valence-corrected chi connectivity index (χ0v) is 9.33. The van der Waals surface area contributed by atoms with E-state index in [1.807, 2.05) is 0 Å². The number of benzene rings is 1. The average Bonchev–Trinajstić information content (AvgIpc) is 2.37. The van der Waals surface area contributed by atoms with Gasteiger partial charge in [-0.3, -0.25) is 10.1 Å². The van der Waals surface area contributed by atoms with E-state index in [4.69, 9.17) is 10.3 Å². The Balaban J connectivity index is 3.07. The fourth-order valence-electron chi connectivity index (χ4n) is 1.20. The second kappa shape index (κ2) is 6.07. The average molecular weight is 248 g/mol. The number of hydrogen-bond donors (Lipinski definition) is 1. The van der Waals surface area contributed by atoms with Gasteiger partial charge < -0.3 is 4.74 Å². The van der Waals surface area contributed by atoms with Gasteiger partial charge in [0.15, 0.2) is 0 Å². The molecule has 0 saturated heterocycles. The summed E-state index contributed by atoms with van der Waals surface area (Å²) in [4.78, 5) is 24.6. The lowest BCUT2D eigenvalue weighted by Crippen LogP contribution is -2.20. The SMILES string of the molecule is C=CCOC(=O)C(=[N+]=N)c1cccc([N+](=O)[O-])c1. The van der Waals surface area contributed by atoms with Gasteiger partial charge in [0.1, 0.15) is 6.61 Å². The molecule has 7 nitrogen and oxygen atoms in total. The van der Waals surface area contributed by atoms with Crippen molar-refractivity contribution in [3.05, 3.63) is 52.6 Å². The normalized spacial score (nSPS) is 9.11. The van der Waals surface area contributed by atoms with Gasteiger partial charge in [-0.2, -0.15) is 0 Å². The molecular weight excluding hydrogens is 238 g/mol. The number of esters is 1. The molecule has 0 unspecified atom stereocenters. The van der Waals surface area contributed by atoms with Crippen LogP contribution >= 0.6 is 0 Å². The summed E-state index contributed by atoms with van der Waals surface area (Å²) in [6.45, 7) is 3.35. The molecule has 7 heteroatoms. The smallest absolute Gasteiger partial charge is 0.452 e. The van der Waals surface area contributed by atoms with Crippen LogP contribution in [0.3, 0.4) is 0 Å². The second-order valence-corrected chi connectivity index (χ2v) is 3.15. The Bertz CT molecular complexity index is 547. The van der Waals surface area contributed by atoms with Crippen LogP contribution in [-0.2, 0) is 9.53 Å². The highest BCUT2D eigenvalue weighted by Gasteiger charge is 2.28. The first-order chi connectivity index (χ1) is 8.60. The lowest BCUT2D eigenvalue weighted by Gasteiger charge is -1.97. The largest absolute Gasteiger partial charge is 0.455 e. The summed E-state index contributed by atoms with van der Waals surface area (Å²) in [5.74, 6) is -0.828. The van der Waals surface area contributed by atoms with E-state index in [0.717, 1.165) is 6.07 Å². The molecule has 1 aromatic rings. The van der Waals surface area contributed by atoms with Crippen LogP contribution in [0.5, 0.6) is 0 Å². The number of carbonyl (C=O) groups is 1. The van der Waals surface area contributed by atoms with Crippen LogP contribution in [0.15, 0.2) is 36.9 Å². The number of carbonyl (C=O) groups excluding carboxylic acids is 1. The number of rotatable bonds is 5. The predicted molar refractivity (Wildman–Crippen MR) is 61.3 cm³/mol. The standard InChI is InChI=1S/C11H10N3O4/c1-2-6-18-11(15)10(13-12)8-4-3-5-9(7-8)14(16)17/h2-5,7,12H,1,6H2/q+1. The molecule has 0 aliphatic carbocycles. The summed E-state index contributed by atoms with van der Waals surface area (Å²) in [5, 5.41) is 10.6. The first-order valence-corrected chi connectivity index (χ1v) is 4.87. The highest BCUT2D eigenvalue weighted by molar-refractivity contribution is 6.40. The number of nitrogens with one attached hydrogen (secondary N) is 1. The Morgan fingerprint density at radius 3 is 2.89 bits per heavy atom. The van der Waals surface area contributed by atoms with Crippen LogP contribution in [0.2, 0.25) is 0 Å². The first-order valence-electron chi connectivity index (χ1n) is 4.87. The third-order valence-corrected chi connectivity index (χ3v) is 1.97. The fourth-order valence-corrected chi connectivity index (χ4v) is 1.20. The highest BCUT2D eigenvalue weighted by Crippen LogP contribution is 2.13. The van der Waals surface area contributed by atoms with Crippen LogP contribution in [0.1, 0.15) is 5.56 Å². The minimum absolute atomic E-state index is 0.0211. The van der Waals surface area contributed by atoms with Gasteiger partial charge in [-0.15, -0.1) is 0 Å². The van der Waals surface area contributed by atoms with Gasteiger partial charge in [-0.25, -0.2) is 4.79 Å². The van der Waals surface area contributed by atoms with Gasteiger partial charge in [0.25, 0.3) is 5.69 Å². The molecule has 0 saturated carbocycles. The number of nitro benzene ring substituents is 1. The Morgan fingerprint density at radius 1 is 1.61 bits per heavy atom. The van der Waals surface area contributed by atoms with E-state index in [1.165, 1.54) is 24.3 Å². The van der Waals surface area contributed by atoms with Gasteiger partial charge in [-0.1, -0.05) is 18.7 Å². The maximum atomic E-state index is 11.5. The molecule has 0 atom stereocenters. The molecule has 0 aliphatic rings. The molecule has 18 heavy (non-hydrogen) atoms. The van der Waals surface area contributed by atoms with Crippen LogP contribution in [0.4, 0.5) is 5.69 Å². The second-order valence-electron chi connectivity index (χ2n) is 3.15. The zero-order valence-electron chi connectivity index (χ0n) is 9.33. The molecule has 0 heterocycles. The molecule has 0 aromatic heterocycles. The molecule has 0 radical (unpaired) electrons. The van der Waals surface area contributed by atoms with E-state index in [9.17, 15) is 14.9 Å². The number of nitro groups is 1. The van der Waals surface area contributed by atoms with E-state index >= 15 is 0 Å². The van der Waals surface area contributed by atoms with Crippen molar-refractivity contribution in [1.82, 2.24) is 0 Å². The Kier molecular flexibility index (Phi) is 4.48. The summed E-state index contributed by atoms with van der Waals surface area (Å²) < 4.78 is 4.72. The maximum Gasteiger partial charge on any atom is 0.455 e. The Hall–Kier alpha value is -2.79. The van der Waals surface area contributed by atoms with Gasteiger partial charge in [0, 0.05) is 12.1 Å². The molecule has 0 amide bonds. The molecule has 0 fully saturated rings. The quantitative estimate of drug-likeness (QED) is 0.161. The Labute approximate surface area is 102 Å². The molecule has 1 aromatic carbocycles. The maximum absolute atomic E-state index is 11.5. The topological polar surface area (TPSA) is 107 Å². The lowest BCUT2D eigenvalue weighted by molar-refractivity contribution is -0.384. The van der Waals surface area contributed by atoms with Gasteiger partial charge in [0.2, 0.25) is 0 Å². The van der Waals surface area contributed by atoms with Crippen LogP contribution in [0.25, 0.3) is 0 Å². The summed E-state index contributed by atoms with van der Waals surface area (Å²) in [5.41, 5.74) is 6.61. The van der Waals surface area contributed by atoms with Gasteiger partial charge in [0.05, 0.1) is 20.8 Å². The fraction of sp³-hybridized carbons (Fsp3) is 0.0909. The summed E-state index contributed by atoms with van der Waals surface area (Å²) in [6.07, 6.45) is 1.37. The highest BCUT2D eigenvalue weighted by atomic mass is 16.6. The van der Waals surface area contributed by atoms with Crippen molar-refractivity contribution >= 4 is 17.4 Å². The minimum atomic E-state index is -0.828. The molecule has 0 aliphatic heterocycles. The number of hydrogen-bond acceptors (Lipinski definition) is 5. The molecule has 1 N–H and O–H groups in total. The van der Waals surface area contributed by atoms with E-state index in [0.29, 0.717) is 0 Å². The number of ether oxygens (including phenoxy) is 1. The van der Waals surface area contributed by atoms with E-state index in [-0.39, 0.29) is 23.6 Å². The van der Waals surface area contributed by atoms with Gasteiger partial charge >= 0.3 is 11.7 Å². The van der Waals surface area contributed by atoms with Crippen molar-refractivity contribution < 1.29 is 19.2 Å². The van der Waals surface area contributed by atoms with Crippen molar-refractivity contribution in [2.45, 2.75) is 0 Å². The lowest BCUT2D eigenvalue weighted by atomic mass is 10.1. The zero-order chi connectivity index (χ0) is 13.5. The third-order valence-electron chi connectivity index (χ3n) is 1.97. The molecule has 1 rings (SSSR count). The van der Waals surface area contributed by atoms with Crippen molar-refractivity contribution in [2.75, 3.05) is 6.61 Å². The van der Waals surface area contributed by atoms with Crippen LogP contribution < -0.4 is 0 Å². The summed E-state index contributed by atoms with van der Waals surface area (Å²) in [7, 11) is 0. The first kappa shape index (κ1) is 13.3. The van der Waals surface area contributed by atoms with E-state index in [1.54, 1.807) is 0 Å².